The van der Waals surface area contributed by atoms with E-state index in [1.807, 2.05) is 0 Å². The summed E-state index contributed by atoms with van der Waals surface area (Å²) in [6.45, 7) is 4.33. The quantitative estimate of drug-likeness (QED) is 0.899. The van der Waals surface area contributed by atoms with E-state index in [4.69, 9.17) is 4.74 Å². The lowest BCUT2D eigenvalue weighted by atomic mass is 9.80. The number of nitrogens with zero attached hydrogens (tertiary/aromatic N) is 1. The van der Waals surface area contributed by atoms with E-state index in [9.17, 15) is 0 Å². The summed E-state index contributed by atoms with van der Waals surface area (Å²) in [6.07, 6.45) is 5.09. The van der Waals surface area contributed by atoms with Crippen LogP contribution in [-0.4, -0.2) is 38.7 Å². The summed E-state index contributed by atoms with van der Waals surface area (Å²) in [6, 6.07) is 4.72. The van der Waals surface area contributed by atoms with Crippen LogP contribution in [0.2, 0.25) is 0 Å². The fourth-order valence-electron chi connectivity index (χ4n) is 4.14. The zero-order valence-corrected chi connectivity index (χ0v) is 14.4. The Kier molecular flexibility index (Phi) is 4.95. The molecule has 1 N–H and O–H groups in total. The highest BCUT2D eigenvalue weighted by Gasteiger charge is 2.44. The highest BCUT2D eigenvalue weighted by Crippen LogP contribution is 2.46. The van der Waals surface area contributed by atoms with Crippen LogP contribution in [-0.2, 0) is 0 Å². The fourth-order valence-corrected chi connectivity index (χ4v) is 4.14. The predicted molar refractivity (Wildman–Crippen MR) is 89.2 cm³/mol. The zero-order chi connectivity index (χ0) is 15.6. The summed E-state index contributed by atoms with van der Waals surface area (Å²) in [5.74, 6) is 1.01. The first-order chi connectivity index (χ1) is 9.96. The standard InChI is InChI=1S/C18H30N2O/c1-13-11-14(2)16(15(12-13)21-6)17(19-3)18(20(4)5)9-7-8-10-18/h11-12,17,19H,7-10H2,1-6H3. The predicted octanol–water partition coefficient (Wildman–Crippen LogP) is 3.45. The molecule has 0 amide bonds. The van der Waals surface area contributed by atoms with Crippen LogP contribution in [0.5, 0.6) is 5.75 Å². The summed E-state index contributed by atoms with van der Waals surface area (Å²) in [4.78, 5) is 2.42. The summed E-state index contributed by atoms with van der Waals surface area (Å²) in [5.41, 5.74) is 4.08. The highest BCUT2D eigenvalue weighted by molar-refractivity contribution is 5.46. The first kappa shape index (κ1) is 16.3. The van der Waals surface area contributed by atoms with Gasteiger partial charge in [-0.15, -0.1) is 0 Å². The van der Waals surface area contributed by atoms with Crippen molar-refractivity contribution in [2.24, 2.45) is 0 Å². The smallest absolute Gasteiger partial charge is 0.124 e. The van der Waals surface area contributed by atoms with Crippen molar-refractivity contribution in [3.63, 3.8) is 0 Å². The van der Waals surface area contributed by atoms with Gasteiger partial charge in [0.05, 0.1) is 13.2 Å². The molecule has 1 atom stereocenters. The molecule has 1 aliphatic carbocycles. The van der Waals surface area contributed by atoms with E-state index >= 15 is 0 Å². The lowest BCUT2D eigenvalue weighted by molar-refractivity contribution is 0.107. The Morgan fingerprint density at radius 3 is 2.29 bits per heavy atom. The van der Waals surface area contributed by atoms with Gasteiger partial charge >= 0.3 is 0 Å². The van der Waals surface area contributed by atoms with E-state index in [1.165, 1.54) is 42.4 Å². The molecule has 0 saturated heterocycles. The van der Waals surface area contributed by atoms with Gasteiger partial charge in [-0.3, -0.25) is 0 Å². The number of rotatable bonds is 5. The molecular weight excluding hydrogens is 260 g/mol. The van der Waals surface area contributed by atoms with Gasteiger partial charge in [0.25, 0.3) is 0 Å². The minimum Gasteiger partial charge on any atom is -0.496 e. The average Bonchev–Trinajstić information content (AvgIpc) is 2.92. The van der Waals surface area contributed by atoms with Crippen LogP contribution >= 0.6 is 0 Å². The summed E-state index contributed by atoms with van der Waals surface area (Å²) < 4.78 is 5.72. The molecule has 0 heterocycles. The molecule has 118 valence electrons. The van der Waals surface area contributed by atoms with E-state index in [-0.39, 0.29) is 5.54 Å². The normalized spacial score (nSPS) is 19.0. The van der Waals surface area contributed by atoms with Crippen molar-refractivity contribution in [2.75, 3.05) is 28.3 Å². The lowest BCUT2D eigenvalue weighted by Crippen LogP contribution is -2.51. The Morgan fingerprint density at radius 1 is 1.19 bits per heavy atom. The molecule has 3 nitrogen and oxygen atoms in total. The van der Waals surface area contributed by atoms with Gasteiger partial charge in [-0.2, -0.15) is 0 Å². The maximum absolute atomic E-state index is 5.72. The monoisotopic (exact) mass is 290 g/mol. The maximum Gasteiger partial charge on any atom is 0.124 e. The topological polar surface area (TPSA) is 24.5 Å². The van der Waals surface area contributed by atoms with E-state index < -0.39 is 0 Å². The van der Waals surface area contributed by atoms with Gasteiger partial charge < -0.3 is 15.0 Å². The molecule has 1 saturated carbocycles. The Morgan fingerprint density at radius 2 is 1.81 bits per heavy atom. The Balaban J connectivity index is 2.56. The van der Waals surface area contributed by atoms with Gasteiger partial charge in [0, 0.05) is 11.1 Å². The summed E-state index contributed by atoms with van der Waals surface area (Å²) in [5, 5.41) is 3.60. The van der Waals surface area contributed by atoms with Gasteiger partial charge in [-0.1, -0.05) is 18.9 Å². The van der Waals surface area contributed by atoms with Crippen LogP contribution < -0.4 is 10.1 Å². The van der Waals surface area contributed by atoms with Crippen molar-refractivity contribution in [2.45, 2.75) is 51.1 Å². The maximum atomic E-state index is 5.72. The molecular formula is C18H30N2O. The van der Waals surface area contributed by atoms with Crippen LogP contribution in [0.25, 0.3) is 0 Å². The number of ether oxygens (including phenoxy) is 1. The number of likely N-dealkylation sites (N-methyl/N-ethyl adjacent to an activating group) is 2. The Hall–Kier alpha value is -1.06. The van der Waals surface area contributed by atoms with E-state index in [2.05, 4.69) is 57.3 Å². The highest BCUT2D eigenvalue weighted by atomic mass is 16.5. The number of hydrogen-bond acceptors (Lipinski definition) is 3. The van der Waals surface area contributed by atoms with Crippen molar-refractivity contribution in [1.29, 1.82) is 0 Å². The minimum atomic E-state index is 0.183. The van der Waals surface area contributed by atoms with Crippen LogP contribution in [0, 0.1) is 13.8 Å². The van der Waals surface area contributed by atoms with Gasteiger partial charge in [-0.05, 0) is 65.0 Å². The van der Waals surface area contributed by atoms with Gasteiger partial charge in [0.2, 0.25) is 0 Å². The number of methoxy groups -OCH3 is 1. The van der Waals surface area contributed by atoms with Gasteiger partial charge in [0.15, 0.2) is 0 Å². The third kappa shape index (κ3) is 2.82. The molecule has 0 aliphatic heterocycles. The average molecular weight is 290 g/mol. The Labute approximate surface area is 129 Å². The van der Waals surface area contributed by atoms with Crippen molar-refractivity contribution >= 4 is 0 Å². The first-order valence-corrected chi connectivity index (χ1v) is 7.96. The van der Waals surface area contributed by atoms with Crippen LogP contribution in [0.3, 0.4) is 0 Å². The molecule has 21 heavy (non-hydrogen) atoms. The largest absolute Gasteiger partial charge is 0.496 e. The summed E-state index contributed by atoms with van der Waals surface area (Å²) in [7, 11) is 8.28. The second-order valence-electron chi connectivity index (χ2n) is 6.62. The van der Waals surface area contributed by atoms with Crippen molar-refractivity contribution < 1.29 is 4.74 Å². The second-order valence-corrected chi connectivity index (χ2v) is 6.62. The third-order valence-corrected chi connectivity index (χ3v) is 5.19. The zero-order valence-electron chi connectivity index (χ0n) is 14.4. The van der Waals surface area contributed by atoms with Crippen molar-refractivity contribution in [1.82, 2.24) is 10.2 Å². The van der Waals surface area contributed by atoms with Crippen molar-refractivity contribution in [3.05, 3.63) is 28.8 Å². The molecule has 0 spiro atoms. The molecule has 1 aromatic rings. The molecule has 3 heteroatoms. The van der Waals surface area contributed by atoms with E-state index in [0.29, 0.717) is 6.04 Å². The number of aryl methyl sites for hydroxylation is 2. The SMILES string of the molecule is CNC(c1c(C)cc(C)cc1OC)C1(N(C)C)CCCC1. The van der Waals surface area contributed by atoms with Crippen LogP contribution in [0.1, 0.15) is 48.4 Å². The molecule has 1 fully saturated rings. The molecule has 0 aromatic heterocycles. The Bertz CT molecular complexity index is 490. The molecule has 1 aromatic carbocycles. The molecule has 0 radical (unpaired) electrons. The first-order valence-electron chi connectivity index (χ1n) is 7.96. The second kappa shape index (κ2) is 6.37. The van der Waals surface area contributed by atoms with Crippen LogP contribution in [0.15, 0.2) is 12.1 Å². The lowest BCUT2D eigenvalue weighted by Gasteiger charge is -2.44. The number of hydrogen-bond donors (Lipinski definition) is 1. The minimum absolute atomic E-state index is 0.183. The van der Waals surface area contributed by atoms with Crippen molar-refractivity contribution in [3.8, 4) is 5.75 Å². The van der Waals surface area contributed by atoms with Gasteiger partial charge in [0.1, 0.15) is 5.75 Å². The molecule has 1 aliphatic rings. The number of nitrogens with one attached hydrogen (secondary N) is 1. The fraction of sp³-hybridized carbons (Fsp3) is 0.667. The molecule has 2 rings (SSSR count). The summed E-state index contributed by atoms with van der Waals surface area (Å²) >= 11 is 0. The van der Waals surface area contributed by atoms with Crippen LogP contribution in [0.4, 0.5) is 0 Å². The number of benzene rings is 1. The third-order valence-electron chi connectivity index (χ3n) is 5.19. The molecule has 1 unspecified atom stereocenters. The van der Waals surface area contributed by atoms with E-state index in [1.54, 1.807) is 7.11 Å². The molecule has 0 bridgehead atoms. The van der Waals surface area contributed by atoms with E-state index in [0.717, 1.165) is 5.75 Å². The van der Waals surface area contributed by atoms with Gasteiger partial charge in [-0.25, -0.2) is 0 Å².